The molecule has 0 radical (unpaired) electrons. The van der Waals surface area contributed by atoms with Crippen molar-refractivity contribution in [2.24, 2.45) is 5.16 Å². The summed E-state index contributed by atoms with van der Waals surface area (Å²) in [5, 5.41) is 6.42. The molecule has 0 amide bonds. The van der Waals surface area contributed by atoms with Crippen LogP contribution < -0.4 is 14.8 Å². The lowest BCUT2D eigenvalue weighted by Gasteiger charge is -2.13. The molecule has 0 aliphatic heterocycles. The van der Waals surface area contributed by atoms with Gasteiger partial charge in [0.05, 0.1) is 5.02 Å². The molecule has 1 aromatic carbocycles. The lowest BCUT2D eigenvalue weighted by molar-refractivity contribution is -0.136. The van der Waals surface area contributed by atoms with Gasteiger partial charge in [0, 0.05) is 24.6 Å². The van der Waals surface area contributed by atoms with Crippen LogP contribution in [0.1, 0.15) is 26.7 Å². The van der Waals surface area contributed by atoms with Gasteiger partial charge in [-0.25, -0.2) is 0 Å². The van der Waals surface area contributed by atoms with E-state index in [1.54, 1.807) is 13.8 Å². The molecule has 22 heavy (non-hydrogen) atoms. The fraction of sp³-hybridized carbons (Fsp3) is 0.357. The number of rotatable bonds is 7. The number of nitrogens with zero attached hydrogens (tertiary/aromatic N) is 1. The number of esters is 2. The highest BCUT2D eigenvalue weighted by Gasteiger charge is 2.17. The molecule has 0 heterocycles. The van der Waals surface area contributed by atoms with Crippen molar-refractivity contribution in [3.05, 3.63) is 17.2 Å². The number of halogens is 1. The van der Waals surface area contributed by atoms with Crippen molar-refractivity contribution in [2.45, 2.75) is 26.7 Å². The average molecular weight is 329 g/mol. The number of ether oxygens (including phenoxy) is 2. The normalized spacial score (nSPS) is 10.4. The molecule has 0 saturated heterocycles. The third-order valence-corrected chi connectivity index (χ3v) is 2.70. The van der Waals surface area contributed by atoms with E-state index < -0.39 is 11.9 Å². The van der Waals surface area contributed by atoms with Crippen LogP contribution in [-0.2, 0) is 14.4 Å². The summed E-state index contributed by atoms with van der Waals surface area (Å²) in [7, 11) is 1.40. The highest BCUT2D eigenvalue weighted by Crippen LogP contribution is 2.38. The van der Waals surface area contributed by atoms with Crippen molar-refractivity contribution < 1.29 is 23.9 Å². The molecular weight excluding hydrogens is 312 g/mol. The fourth-order valence-corrected chi connectivity index (χ4v) is 1.61. The van der Waals surface area contributed by atoms with E-state index in [4.69, 9.17) is 21.1 Å². The van der Waals surface area contributed by atoms with Gasteiger partial charge in [0.1, 0.15) is 13.4 Å². The Bertz CT molecular complexity index is 575. The van der Waals surface area contributed by atoms with Crippen molar-refractivity contribution in [2.75, 3.05) is 12.4 Å². The lowest BCUT2D eigenvalue weighted by atomic mass is 10.2. The van der Waals surface area contributed by atoms with E-state index in [2.05, 4.69) is 15.3 Å². The number of nitrogens with one attached hydrogen (secondary N) is 1. The maximum absolute atomic E-state index is 11.5. The minimum Gasteiger partial charge on any atom is -0.422 e. The van der Waals surface area contributed by atoms with Crippen molar-refractivity contribution in [3.63, 3.8) is 0 Å². The second-order valence-corrected chi connectivity index (χ2v) is 4.41. The fourth-order valence-electron chi connectivity index (χ4n) is 1.36. The first kappa shape index (κ1) is 17.8. The van der Waals surface area contributed by atoms with Gasteiger partial charge >= 0.3 is 11.9 Å². The molecule has 120 valence electrons. The van der Waals surface area contributed by atoms with Gasteiger partial charge in [-0.1, -0.05) is 30.6 Å². The molecule has 0 saturated carbocycles. The van der Waals surface area contributed by atoms with Crippen molar-refractivity contribution >= 4 is 35.6 Å². The van der Waals surface area contributed by atoms with Crippen LogP contribution in [0.15, 0.2) is 17.3 Å². The number of hydrogen-bond acceptors (Lipinski definition) is 6. The number of oxime groups is 1. The summed E-state index contributed by atoms with van der Waals surface area (Å²) in [6, 6.07) is 2.98. The van der Waals surface area contributed by atoms with Crippen molar-refractivity contribution in [3.8, 4) is 11.5 Å². The van der Waals surface area contributed by atoms with Crippen LogP contribution in [0.5, 0.6) is 11.5 Å². The maximum atomic E-state index is 11.5. The molecule has 0 atom stereocenters. The van der Waals surface area contributed by atoms with E-state index in [9.17, 15) is 9.59 Å². The molecule has 0 unspecified atom stereocenters. The number of anilines is 1. The van der Waals surface area contributed by atoms with Gasteiger partial charge in [-0.2, -0.15) is 0 Å². The Morgan fingerprint density at radius 3 is 2.45 bits per heavy atom. The molecule has 0 fully saturated rings. The average Bonchev–Trinajstić information content (AvgIpc) is 2.50. The summed E-state index contributed by atoms with van der Waals surface area (Å²) in [5.74, 6) is -0.913. The zero-order chi connectivity index (χ0) is 16.5. The summed E-state index contributed by atoms with van der Waals surface area (Å²) in [5.41, 5.74) is 0.487. The van der Waals surface area contributed by atoms with Gasteiger partial charge in [0.2, 0.25) is 0 Å². The molecular formula is C14H17ClN2O5. The van der Waals surface area contributed by atoms with E-state index in [1.807, 2.05) is 0 Å². The molecule has 8 heteroatoms. The van der Waals surface area contributed by atoms with Crippen LogP contribution >= 0.6 is 11.6 Å². The number of carbonyl (C=O) groups is 2. The molecule has 1 N–H and O–H groups in total. The van der Waals surface area contributed by atoms with E-state index in [0.29, 0.717) is 5.69 Å². The second kappa shape index (κ2) is 8.89. The van der Waals surface area contributed by atoms with Crippen LogP contribution in [0, 0.1) is 0 Å². The SMILES string of the molecule is CCC(=O)Oc1cc(NC=NOC)cc(Cl)c1OC(=O)CC. The monoisotopic (exact) mass is 328 g/mol. The lowest BCUT2D eigenvalue weighted by Crippen LogP contribution is -2.11. The zero-order valence-corrected chi connectivity index (χ0v) is 13.3. The molecule has 0 aliphatic rings. The highest BCUT2D eigenvalue weighted by atomic mass is 35.5. The third-order valence-electron chi connectivity index (χ3n) is 2.42. The first-order chi connectivity index (χ1) is 10.5. The quantitative estimate of drug-likeness (QED) is 0.272. The van der Waals surface area contributed by atoms with E-state index >= 15 is 0 Å². The number of carbonyl (C=O) groups excluding carboxylic acids is 2. The molecule has 1 aromatic rings. The second-order valence-electron chi connectivity index (χ2n) is 4.00. The Morgan fingerprint density at radius 2 is 1.86 bits per heavy atom. The van der Waals surface area contributed by atoms with E-state index in [0.717, 1.165) is 0 Å². The largest absolute Gasteiger partial charge is 0.422 e. The summed E-state index contributed by atoms with van der Waals surface area (Å²) in [6.07, 6.45) is 1.62. The zero-order valence-electron chi connectivity index (χ0n) is 12.5. The smallest absolute Gasteiger partial charge is 0.311 e. The van der Waals surface area contributed by atoms with Crippen LogP contribution in [0.25, 0.3) is 0 Å². The van der Waals surface area contributed by atoms with Gasteiger partial charge in [-0.3, -0.25) is 9.59 Å². The van der Waals surface area contributed by atoms with E-state index in [-0.39, 0.29) is 29.4 Å². The predicted molar refractivity (Wildman–Crippen MR) is 82.4 cm³/mol. The topological polar surface area (TPSA) is 86.2 Å². The van der Waals surface area contributed by atoms with Gasteiger partial charge in [0.25, 0.3) is 0 Å². The Labute approximate surface area is 133 Å². The van der Waals surface area contributed by atoms with Crippen LogP contribution in [0.3, 0.4) is 0 Å². The summed E-state index contributed by atoms with van der Waals surface area (Å²) in [4.78, 5) is 27.5. The molecule has 0 bridgehead atoms. The van der Waals surface area contributed by atoms with Crippen molar-refractivity contribution in [1.82, 2.24) is 0 Å². The maximum Gasteiger partial charge on any atom is 0.311 e. The van der Waals surface area contributed by atoms with Gasteiger partial charge in [0.15, 0.2) is 11.5 Å². The van der Waals surface area contributed by atoms with Crippen LogP contribution in [0.4, 0.5) is 5.69 Å². The summed E-state index contributed by atoms with van der Waals surface area (Å²) >= 11 is 6.09. The molecule has 1 rings (SSSR count). The Balaban J connectivity index is 3.14. The first-order valence-electron chi connectivity index (χ1n) is 6.58. The number of benzene rings is 1. The Hall–Kier alpha value is -2.28. The van der Waals surface area contributed by atoms with Gasteiger partial charge in [-0.05, 0) is 6.07 Å². The highest BCUT2D eigenvalue weighted by molar-refractivity contribution is 6.32. The predicted octanol–water partition coefficient (Wildman–Crippen LogP) is 2.97. The van der Waals surface area contributed by atoms with Gasteiger partial charge < -0.3 is 19.6 Å². The van der Waals surface area contributed by atoms with Crippen LogP contribution in [-0.4, -0.2) is 25.4 Å². The minimum absolute atomic E-state index is 0.00421. The van der Waals surface area contributed by atoms with Crippen molar-refractivity contribution in [1.29, 1.82) is 0 Å². The summed E-state index contributed by atoms with van der Waals surface area (Å²) in [6.45, 7) is 3.29. The molecule has 7 nitrogen and oxygen atoms in total. The molecule has 0 spiro atoms. The Morgan fingerprint density at radius 1 is 1.23 bits per heavy atom. The summed E-state index contributed by atoms with van der Waals surface area (Å²) < 4.78 is 10.3. The Kier molecular flexibility index (Phi) is 7.18. The molecule has 0 aromatic heterocycles. The van der Waals surface area contributed by atoms with Gasteiger partial charge in [-0.15, -0.1) is 0 Å². The number of hydrogen-bond donors (Lipinski definition) is 1. The third kappa shape index (κ3) is 5.25. The van der Waals surface area contributed by atoms with Crippen LogP contribution in [0.2, 0.25) is 5.02 Å². The minimum atomic E-state index is -0.489. The molecule has 0 aliphatic carbocycles. The first-order valence-corrected chi connectivity index (χ1v) is 6.96. The van der Waals surface area contributed by atoms with E-state index in [1.165, 1.54) is 25.6 Å². The standard InChI is InChI=1S/C14H17ClN2O5/c1-4-12(18)21-11-7-9(16-8-17-20-3)6-10(15)14(11)22-13(19)5-2/h6-8H,4-5H2,1-3H3,(H,16,17).